The van der Waals surface area contributed by atoms with Crippen LogP contribution in [0.15, 0.2) is 36.5 Å². The fourth-order valence-electron chi connectivity index (χ4n) is 4.47. The summed E-state index contributed by atoms with van der Waals surface area (Å²) in [7, 11) is 0. The molecule has 2 aromatic heterocycles. The van der Waals surface area contributed by atoms with Crippen LogP contribution in [0.1, 0.15) is 49.9 Å². The third kappa shape index (κ3) is 4.74. The summed E-state index contributed by atoms with van der Waals surface area (Å²) < 4.78 is 29.5. The highest BCUT2D eigenvalue weighted by Gasteiger charge is 2.29. The van der Waals surface area contributed by atoms with Gasteiger partial charge < -0.3 is 14.6 Å². The number of carbonyl (C=O) groups excluding carboxylic acids is 1. The zero-order valence-electron chi connectivity index (χ0n) is 18.8. The van der Waals surface area contributed by atoms with Crippen LogP contribution in [-0.4, -0.2) is 38.0 Å². The molecule has 4 rings (SSSR count). The molecule has 6 nitrogen and oxygen atoms in total. The number of aliphatic carboxylic acids is 1. The Labute approximate surface area is 190 Å². The largest absolute Gasteiger partial charge is 0.481 e. The van der Waals surface area contributed by atoms with Gasteiger partial charge in [-0.2, -0.15) is 0 Å². The van der Waals surface area contributed by atoms with E-state index in [2.05, 4.69) is 4.98 Å². The molecule has 3 heterocycles. The van der Waals surface area contributed by atoms with Crippen molar-refractivity contribution in [2.24, 2.45) is 5.41 Å². The van der Waals surface area contributed by atoms with E-state index in [0.29, 0.717) is 37.9 Å². The molecule has 0 unspecified atom stereocenters. The van der Waals surface area contributed by atoms with Crippen LogP contribution in [0.2, 0.25) is 0 Å². The van der Waals surface area contributed by atoms with Crippen molar-refractivity contribution < 1.29 is 23.5 Å². The Bertz CT molecular complexity index is 1200. The second-order valence-electron chi connectivity index (χ2n) is 9.27. The standard InChI is InChI=1S/C25H27F2N3O3/c1-25(2,24(32)33)8-3-6-22(31)29-10-7-19-20-5-4-9-28-23(20)30(21(19)15-29)14-16-11-17(26)13-18(27)12-16/h4-5,9,11-13H,3,6-8,10,14-15H2,1-2H3,(H,32,33). The maximum absolute atomic E-state index is 13.8. The Balaban J connectivity index is 1.57. The van der Waals surface area contributed by atoms with Gasteiger partial charge in [0, 0.05) is 42.9 Å². The highest BCUT2D eigenvalue weighted by Crippen LogP contribution is 2.31. The molecule has 3 aromatic rings. The Morgan fingerprint density at radius 1 is 1.18 bits per heavy atom. The van der Waals surface area contributed by atoms with E-state index in [4.69, 9.17) is 0 Å². The Kier molecular flexibility index (Phi) is 6.19. The second-order valence-corrected chi connectivity index (χ2v) is 9.27. The number of aromatic nitrogens is 2. The van der Waals surface area contributed by atoms with Crippen LogP contribution >= 0.6 is 0 Å². The van der Waals surface area contributed by atoms with Gasteiger partial charge in [-0.15, -0.1) is 0 Å². The van der Waals surface area contributed by atoms with E-state index < -0.39 is 23.0 Å². The van der Waals surface area contributed by atoms with Crippen molar-refractivity contribution >= 4 is 22.9 Å². The average Bonchev–Trinajstić information content (AvgIpc) is 3.06. The van der Waals surface area contributed by atoms with Gasteiger partial charge in [-0.1, -0.05) is 0 Å². The Morgan fingerprint density at radius 2 is 1.91 bits per heavy atom. The monoisotopic (exact) mass is 455 g/mol. The Hall–Kier alpha value is -3.29. The number of benzene rings is 1. The van der Waals surface area contributed by atoms with Gasteiger partial charge in [0.15, 0.2) is 0 Å². The van der Waals surface area contributed by atoms with Crippen LogP contribution in [0.25, 0.3) is 11.0 Å². The van der Waals surface area contributed by atoms with E-state index >= 15 is 0 Å². The number of rotatable bonds is 7. The fourth-order valence-corrected chi connectivity index (χ4v) is 4.47. The van der Waals surface area contributed by atoms with Crippen LogP contribution < -0.4 is 0 Å². The van der Waals surface area contributed by atoms with E-state index in [0.717, 1.165) is 28.4 Å². The summed E-state index contributed by atoms with van der Waals surface area (Å²) in [4.78, 5) is 30.5. The lowest BCUT2D eigenvalue weighted by Gasteiger charge is -2.29. The predicted octanol–water partition coefficient (Wildman–Crippen LogP) is 4.53. The second kappa shape index (κ2) is 8.92. The summed E-state index contributed by atoms with van der Waals surface area (Å²) >= 11 is 0. The summed E-state index contributed by atoms with van der Waals surface area (Å²) in [5.74, 6) is -2.17. The molecule has 1 N–H and O–H groups in total. The molecule has 1 aliphatic rings. The molecule has 1 aromatic carbocycles. The first-order chi connectivity index (χ1) is 15.7. The highest BCUT2D eigenvalue weighted by molar-refractivity contribution is 5.84. The van der Waals surface area contributed by atoms with E-state index in [-0.39, 0.29) is 18.9 Å². The van der Waals surface area contributed by atoms with Gasteiger partial charge in [-0.05, 0) is 68.5 Å². The van der Waals surface area contributed by atoms with Gasteiger partial charge in [0.25, 0.3) is 0 Å². The zero-order valence-corrected chi connectivity index (χ0v) is 18.8. The number of hydrogen-bond acceptors (Lipinski definition) is 3. The molecule has 0 aliphatic carbocycles. The summed E-state index contributed by atoms with van der Waals surface area (Å²) in [6.07, 6.45) is 3.54. The van der Waals surface area contributed by atoms with Crippen molar-refractivity contribution in [3.05, 3.63) is 65.0 Å². The molecular formula is C25H27F2N3O3. The molecule has 0 bridgehead atoms. The fraction of sp³-hybridized carbons (Fsp3) is 0.400. The predicted molar refractivity (Wildman–Crippen MR) is 120 cm³/mol. The number of carboxylic acid groups (broad SMARTS) is 1. The molecule has 174 valence electrons. The molecule has 0 saturated carbocycles. The highest BCUT2D eigenvalue weighted by atomic mass is 19.1. The number of carbonyl (C=O) groups is 2. The van der Waals surface area contributed by atoms with Gasteiger partial charge in [-0.3, -0.25) is 9.59 Å². The first kappa shape index (κ1) is 22.9. The van der Waals surface area contributed by atoms with Crippen molar-refractivity contribution in [1.29, 1.82) is 0 Å². The molecule has 0 radical (unpaired) electrons. The molecular weight excluding hydrogens is 428 g/mol. The van der Waals surface area contributed by atoms with E-state index in [9.17, 15) is 23.5 Å². The van der Waals surface area contributed by atoms with Crippen molar-refractivity contribution in [2.45, 2.75) is 52.6 Å². The lowest BCUT2D eigenvalue weighted by molar-refractivity contribution is -0.147. The average molecular weight is 456 g/mol. The first-order valence-electron chi connectivity index (χ1n) is 11.1. The number of carboxylic acids is 1. The SMILES string of the molecule is CC(C)(CCCC(=O)N1CCc2c(n(Cc3cc(F)cc(F)c3)c3ncccc23)C1)C(=O)O. The summed E-state index contributed by atoms with van der Waals surface area (Å²) in [5.41, 5.74) is 2.36. The number of fused-ring (bicyclic) bond motifs is 3. The van der Waals surface area contributed by atoms with E-state index in [1.165, 1.54) is 12.1 Å². The zero-order chi connectivity index (χ0) is 23.8. The maximum atomic E-state index is 13.8. The van der Waals surface area contributed by atoms with Crippen LogP contribution in [-0.2, 0) is 29.1 Å². The normalized spacial score (nSPS) is 13.9. The molecule has 0 spiro atoms. The number of nitrogens with zero attached hydrogens (tertiary/aromatic N) is 3. The smallest absolute Gasteiger partial charge is 0.309 e. The number of hydrogen-bond donors (Lipinski definition) is 1. The lowest BCUT2D eigenvalue weighted by atomic mass is 9.87. The van der Waals surface area contributed by atoms with Gasteiger partial charge in [0.1, 0.15) is 17.3 Å². The number of pyridine rings is 1. The summed E-state index contributed by atoms with van der Waals surface area (Å²) in [6.45, 7) is 4.51. The van der Waals surface area contributed by atoms with Crippen LogP contribution in [0.3, 0.4) is 0 Å². The minimum atomic E-state index is -0.872. The van der Waals surface area contributed by atoms with Crippen molar-refractivity contribution in [3.63, 3.8) is 0 Å². The molecule has 0 atom stereocenters. The van der Waals surface area contributed by atoms with Crippen LogP contribution in [0, 0.1) is 17.0 Å². The van der Waals surface area contributed by atoms with Crippen LogP contribution in [0.5, 0.6) is 0 Å². The third-order valence-corrected chi connectivity index (χ3v) is 6.40. The van der Waals surface area contributed by atoms with E-state index in [1.54, 1.807) is 24.9 Å². The lowest BCUT2D eigenvalue weighted by Crippen LogP contribution is -2.36. The molecule has 0 fully saturated rings. The first-order valence-corrected chi connectivity index (χ1v) is 11.1. The quantitative estimate of drug-likeness (QED) is 0.568. The van der Waals surface area contributed by atoms with Crippen LogP contribution in [0.4, 0.5) is 8.78 Å². The molecule has 33 heavy (non-hydrogen) atoms. The Morgan fingerprint density at radius 3 is 2.61 bits per heavy atom. The maximum Gasteiger partial charge on any atom is 0.309 e. The molecule has 1 aliphatic heterocycles. The molecule has 1 amide bonds. The van der Waals surface area contributed by atoms with Gasteiger partial charge >= 0.3 is 5.97 Å². The van der Waals surface area contributed by atoms with E-state index in [1.807, 2.05) is 16.7 Å². The van der Waals surface area contributed by atoms with Gasteiger partial charge in [0.2, 0.25) is 5.91 Å². The molecule has 0 saturated heterocycles. The van der Waals surface area contributed by atoms with Gasteiger partial charge in [0.05, 0.1) is 12.0 Å². The summed E-state index contributed by atoms with van der Waals surface area (Å²) in [5, 5.41) is 10.3. The van der Waals surface area contributed by atoms with Crippen molar-refractivity contribution in [3.8, 4) is 0 Å². The summed E-state index contributed by atoms with van der Waals surface area (Å²) in [6, 6.07) is 7.29. The molecule has 8 heteroatoms. The van der Waals surface area contributed by atoms with Crippen molar-refractivity contribution in [1.82, 2.24) is 14.5 Å². The van der Waals surface area contributed by atoms with Crippen molar-refractivity contribution in [2.75, 3.05) is 6.54 Å². The topological polar surface area (TPSA) is 75.4 Å². The van der Waals surface area contributed by atoms with Gasteiger partial charge in [-0.25, -0.2) is 13.8 Å². The number of halogens is 2. The minimum absolute atomic E-state index is 0.0246. The third-order valence-electron chi connectivity index (χ3n) is 6.40. The number of amides is 1. The minimum Gasteiger partial charge on any atom is -0.481 e.